The Morgan fingerprint density at radius 1 is 1.13 bits per heavy atom. The first kappa shape index (κ1) is 28.0. The summed E-state index contributed by atoms with van der Waals surface area (Å²) in [6, 6.07) is 18.5. The number of rotatable bonds is 10. The molecule has 0 unspecified atom stereocenters. The lowest BCUT2D eigenvalue weighted by atomic mass is 10.0. The molecule has 4 rings (SSSR count). The fourth-order valence-electron chi connectivity index (χ4n) is 3.97. The maximum atomic E-state index is 13.1. The first-order valence-corrected chi connectivity index (χ1v) is 13.3. The van der Waals surface area contributed by atoms with Crippen LogP contribution in [0.2, 0.25) is 5.02 Å². The van der Waals surface area contributed by atoms with E-state index in [0.29, 0.717) is 40.8 Å². The molecule has 1 N–H and O–H groups in total. The minimum atomic E-state index is -0.545. The highest BCUT2D eigenvalue weighted by molar-refractivity contribution is 8.18. The van der Waals surface area contributed by atoms with Gasteiger partial charge in [0.15, 0.2) is 11.5 Å². The quantitative estimate of drug-likeness (QED) is 0.220. The number of nitrogens with zero attached hydrogens (tertiary/aromatic N) is 1. The maximum Gasteiger partial charge on any atom is 0.294 e. The van der Waals surface area contributed by atoms with Crippen molar-refractivity contribution < 1.29 is 23.9 Å². The summed E-state index contributed by atoms with van der Waals surface area (Å²) in [5.41, 5.74) is 3.81. The summed E-state index contributed by atoms with van der Waals surface area (Å²) in [4.78, 5) is 39.4. The van der Waals surface area contributed by atoms with Crippen LogP contribution in [0, 0.1) is 6.92 Å². The monoisotopic (exact) mass is 562 g/mol. The van der Waals surface area contributed by atoms with Gasteiger partial charge in [0.25, 0.3) is 11.1 Å². The van der Waals surface area contributed by atoms with Gasteiger partial charge in [-0.2, -0.15) is 0 Å². The summed E-state index contributed by atoms with van der Waals surface area (Å²) in [6.07, 6.45) is 3.87. The summed E-state index contributed by atoms with van der Waals surface area (Å²) >= 11 is 6.80. The van der Waals surface area contributed by atoms with Crippen molar-refractivity contribution in [3.8, 4) is 11.5 Å². The Balaban J connectivity index is 1.53. The van der Waals surface area contributed by atoms with E-state index < -0.39 is 23.6 Å². The molecule has 0 radical (unpaired) electrons. The second-order valence-electron chi connectivity index (χ2n) is 8.75. The number of carbonyl (C=O) groups is 3. The van der Waals surface area contributed by atoms with Crippen molar-refractivity contribution in [2.75, 3.05) is 19.0 Å². The van der Waals surface area contributed by atoms with E-state index in [9.17, 15) is 14.4 Å². The number of methoxy groups -OCH3 is 1. The number of allylic oxidation sites excluding steroid dienone is 1. The zero-order chi connectivity index (χ0) is 27.9. The van der Waals surface area contributed by atoms with Crippen molar-refractivity contribution in [2.24, 2.45) is 0 Å². The van der Waals surface area contributed by atoms with Crippen molar-refractivity contribution in [3.05, 3.63) is 106 Å². The van der Waals surface area contributed by atoms with Crippen molar-refractivity contribution in [1.82, 2.24) is 4.90 Å². The molecule has 1 fully saturated rings. The second kappa shape index (κ2) is 12.7. The molecule has 3 amide bonds. The Bertz CT molecular complexity index is 1460. The van der Waals surface area contributed by atoms with Crippen LogP contribution in [0.1, 0.15) is 22.3 Å². The summed E-state index contributed by atoms with van der Waals surface area (Å²) < 4.78 is 11.7. The summed E-state index contributed by atoms with van der Waals surface area (Å²) in [5.74, 6) is 0.0295. The van der Waals surface area contributed by atoms with E-state index in [1.54, 1.807) is 43.5 Å². The summed E-state index contributed by atoms with van der Waals surface area (Å²) in [6.45, 7) is 5.60. The third-order valence-corrected chi connectivity index (χ3v) is 7.05. The Kier molecular flexibility index (Phi) is 9.11. The number of hydrogen-bond acceptors (Lipinski definition) is 6. The van der Waals surface area contributed by atoms with Crippen LogP contribution in [0.5, 0.6) is 11.5 Å². The minimum Gasteiger partial charge on any atom is -0.493 e. The number of imide groups is 1. The van der Waals surface area contributed by atoms with E-state index in [0.717, 1.165) is 33.4 Å². The van der Waals surface area contributed by atoms with E-state index in [2.05, 4.69) is 11.9 Å². The van der Waals surface area contributed by atoms with Crippen LogP contribution in [0.15, 0.2) is 78.2 Å². The third-order valence-electron chi connectivity index (χ3n) is 5.91. The van der Waals surface area contributed by atoms with Gasteiger partial charge in [-0.25, -0.2) is 0 Å². The number of benzene rings is 3. The summed E-state index contributed by atoms with van der Waals surface area (Å²) in [5, 5.41) is 2.65. The van der Waals surface area contributed by atoms with Gasteiger partial charge in [0.1, 0.15) is 13.2 Å². The number of ether oxygens (including phenoxy) is 2. The number of aryl methyl sites for hydroxylation is 1. The first-order chi connectivity index (χ1) is 18.8. The number of halogens is 1. The van der Waals surface area contributed by atoms with Gasteiger partial charge < -0.3 is 14.8 Å². The number of thioether (sulfide) groups is 1. The summed E-state index contributed by atoms with van der Waals surface area (Å²) in [7, 11) is 1.54. The van der Waals surface area contributed by atoms with Crippen molar-refractivity contribution in [2.45, 2.75) is 20.0 Å². The van der Waals surface area contributed by atoms with Crippen LogP contribution in [0.25, 0.3) is 6.08 Å². The number of carbonyl (C=O) groups excluding carboxylic acids is 3. The normalized spacial score (nSPS) is 14.0. The van der Waals surface area contributed by atoms with E-state index in [4.69, 9.17) is 21.1 Å². The molecule has 0 atom stereocenters. The largest absolute Gasteiger partial charge is 0.493 e. The lowest BCUT2D eigenvalue weighted by Gasteiger charge is -2.16. The van der Waals surface area contributed by atoms with E-state index in [1.807, 2.05) is 43.3 Å². The van der Waals surface area contributed by atoms with Crippen molar-refractivity contribution in [1.29, 1.82) is 0 Å². The molecule has 1 aliphatic rings. The Labute approximate surface area is 236 Å². The van der Waals surface area contributed by atoms with Crippen LogP contribution in [0.4, 0.5) is 10.5 Å². The molecule has 3 aromatic carbocycles. The zero-order valence-electron chi connectivity index (χ0n) is 21.5. The molecular formula is C30H27ClN2O5S. The topological polar surface area (TPSA) is 84.9 Å². The maximum absolute atomic E-state index is 13.1. The molecule has 0 aliphatic carbocycles. The molecule has 39 heavy (non-hydrogen) atoms. The molecule has 0 aromatic heterocycles. The zero-order valence-corrected chi connectivity index (χ0v) is 23.1. The highest BCUT2D eigenvalue weighted by Gasteiger charge is 2.36. The highest BCUT2D eigenvalue weighted by Crippen LogP contribution is 2.37. The van der Waals surface area contributed by atoms with Gasteiger partial charge >= 0.3 is 0 Å². The predicted molar refractivity (Wildman–Crippen MR) is 155 cm³/mol. The standard InChI is InChI=1S/C30H27ClN2O5S/c1-4-8-22-13-21(14-25(37-3)28(22)38-18-20-9-6-5-7-10-20)15-26-29(35)33(30(36)39-26)17-27(34)32-24-16-23(31)12-11-19(24)2/h4-7,9-16H,1,8,17-18H2,2-3H3,(H,32,34)/b26-15-. The minimum absolute atomic E-state index is 0.205. The molecule has 0 spiro atoms. The number of hydrogen-bond donors (Lipinski definition) is 1. The van der Waals surface area contributed by atoms with Gasteiger partial charge in [-0.1, -0.05) is 54.1 Å². The second-order valence-corrected chi connectivity index (χ2v) is 10.2. The van der Waals surface area contributed by atoms with Crippen LogP contribution < -0.4 is 14.8 Å². The highest BCUT2D eigenvalue weighted by atomic mass is 35.5. The fraction of sp³-hybridized carbons (Fsp3) is 0.167. The lowest BCUT2D eigenvalue weighted by molar-refractivity contribution is -0.127. The molecule has 200 valence electrons. The molecule has 0 saturated carbocycles. The smallest absolute Gasteiger partial charge is 0.294 e. The molecule has 0 bridgehead atoms. The Morgan fingerprint density at radius 3 is 2.62 bits per heavy atom. The Hall–Kier alpha value is -4.01. The molecule has 1 heterocycles. The molecular weight excluding hydrogens is 536 g/mol. The lowest BCUT2D eigenvalue weighted by Crippen LogP contribution is -2.36. The first-order valence-electron chi connectivity index (χ1n) is 12.1. The third kappa shape index (κ3) is 6.90. The van der Waals surface area contributed by atoms with Crippen LogP contribution >= 0.6 is 23.4 Å². The molecule has 7 nitrogen and oxygen atoms in total. The van der Waals surface area contributed by atoms with Crippen LogP contribution in [-0.2, 0) is 22.6 Å². The van der Waals surface area contributed by atoms with Crippen molar-refractivity contribution in [3.63, 3.8) is 0 Å². The van der Waals surface area contributed by atoms with Gasteiger partial charge in [0, 0.05) is 16.3 Å². The van der Waals surface area contributed by atoms with Crippen LogP contribution in [-0.4, -0.2) is 35.6 Å². The van der Waals surface area contributed by atoms with Crippen molar-refractivity contribution >= 4 is 52.2 Å². The number of amides is 3. The van der Waals surface area contributed by atoms with Crippen LogP contribution in [0.3, 0.4) is 0 Å². The van der Waals surface area contributed by atoms with Gasteiger partial charge in [0.05, 0.1) is 12.0 Å². The molecule has 9 heteroatoms. The van der Waals surface area contributed by atoms with E-state index >= 15 is 0 Å². The average Bonchev–Trinajstić information content (AvgIpc) is 3.17. The van der Waals surface area contributed by atoms with Gasteiger partial charge in [-0.15, -0.1) is 6.58 Å². The van der Waals surface area contributed by atoms with E-state index in [-0.39, 0.29) is 4.91 Å². The molecule has 1 saturated heterocycles. The average molecular weight is 563 g/mol. The fourth-order valence-corrected chi connectivity index (χ4v) is 4.98. The Morgan fingerprint density at radius 2 is 1.90 bits per heavy atom. The molecule has 3 aromatic rings. The van der Waals surface area contributed by atoms with Gasteiger partial charge in [-0.05, 0) is 72.1 Å². The molecule has 1 aliphatic heterocycles. The predicted octanol–water partition coefficient (Wildman–Crippen LogP) is 6.64. The number of nitrogens with one attached hydrogen (secondary N) is 1. The SMILES string of the molecule is C=CCc1cc(/C=C2\SC(=O)N(CC(=O)Nc3cc(Cl)ccc3C)C2=O)cc(OC)c1OCc1ccccc1. The number of anilines is 1. The van der Waals surface area contributed by atoms with E-state index in [1.165, 1.54) is 0 Å². The van der Waals surface area contributed by atoms with Gasteiger partial charge in [0.2, 0.25) is 5.91 Å². The van der Waals surface area contributed by atoms with Gasteiger partial charge in [-0.3, -0.25) is 19.3 Å².